The number of para-hydroxylation sites is 1. The van der Waals surface area contributed by atoms with Crippen molar-refractivity contribution in [2.24, 2.45) is 0 Å². The summed E-state index contributed by atoms with van der Waals surface area (Å²) in [5, 5.41) is 12.7. The number of Topliss-reactive ketones (excluding diaryl/α,β-unsaturated/α-hetero) is 1. The Balaban J connectivity index is 1.57. The predicted octanol–water partition coefficient (Wildman–Crippen LogP) is 6.25. The Kier molecular flexibility index (Phi) is 6.02. The Labute approximate surface area is 209 Å². The number of rotatable bonds is 5. The number of carbonyl (C=O) groups excluding carboxylic acids is 2. The average molecular weight is 536 g/mol. The maximum absolute atomic E-state index is 13.2. The van der Waals surface area contributed by atoms with E-state index in [9.17, 15) is 14.7 Å². The molecule has 1 aromatic heterocycles. The van der Waals surface area contributed by atoms with Crippen molar-refractivity contribution in [2.45, 2.75) is 12.5 Å². The van der Waals surface area contributed by atoms with Crippen LogP contribution in [0.15, 0.2) is 89.0 Å². The number of halogens is 2. The number of hydrogen-bond donors (Lipinski definition) is 2. The molecule has 4 aromatic rings. The van der Waals surface area contributed by atoms with E-state index < -0.39 is 17.7 Å². The van der Waals surface area contributed by atoms with Gasteiger partial charge in [0.05, 0.1) is 11.6 Å². The SMILES string of the molecule is O=C1C(=O)N(CCc2c[nH]c3ccccc23)C(c2cccc(Br)c2)/C1=C(/O)c1ccc(Cl)cc1. The molecule has 1 amide bonds. The third-order valence-corrected chi connectivity index (χ3v) is 6.86. The van der Waals surface area contributed by atoms with E-state index in [1.165, 1.54) is 0 Å². The third kappa shape index (κ3) is 4.04. The van der Waals surface area contributed by atoms with Gasteiger partial charge in [0.1, 0.15) is 5.76 Å². The number of nitrogens with zero attached hydrogens (tertiary/aromatic N) is 1. The van der Waals surface area contributed by atoms with Gasteiger partial charge in [-0.2, -0.15) is 0 Å². The minimum absolute atomic E-state index is 0.0735. The fourth-order valence-electron chi connectivity index (χ4n) is 4.48. The molecule has 5 nitrogen and oxygen atoms in total. The second kappa shape index (κ2) is 9.12. The Morgan fingerprint density at radius 3 is 2.56 bits per heavy atom. The van der Waals surface area contributed by atoms with Crippen molar-refractivity contribution < 1.29 is 14.7 Å². The van der Waals surface area contributed by atoms with Crippen LogP contribution in [0.4, 0.5) is 0 Å². The number of nitrogens with one attached hydrogen (secondary N) is 1. The molecule has 1 unspecified atom stereocenters. The molecule has 0 saturated carbocycles. The maximum atomic E-state index is 13.2. The van der Waals surface area contributed by atoms with Gasteiger partial charge in [-0.1, -0.05) is 57.9 Å². The minimum atomic E-state index is -0.710. The normalized spacial score (nSPS) is 17.6. The van der Waals surface area contributed by atoms with Crippen LogP contribution in [0.3, 0.4) is 0 Å². The average Bonchev–Trinajstić information content (AvgIpc) is 3.36. The highest BCUT2D eigenvalue weighted by Gasteiger charge is 2.45. The second-order valence-corrected chi connectivity index (χ2v) is 9.52. The van der Waals surface area contributed by atoms with Gasteiger partial charge in [-0.15, -0.1) is 0 Å². The van der Waals surface area contributed by atoms with E-state index in [0.29, 0.717) is 23.6 Å². The standard InChI is InChI=1S/C27H20BrClN2O3/c28-19-5-3-4-17(14-19)24-23(25(32)16-8-10-20(29)11-9-16)26(33)27(34)31(24)13-12-18-15-30-22-7-2-1-6-21(18)22/h1-11,14-15,24,30,32H,12-13H2/b25-23-. The van der Waals surface area contributed by atoms with Gasteiger partial charge in [0, 0.05) is 38.7 Å². The first kappa shape index (κ1) is 22.4. The molecule has 0 radical (unpaired) electrons. The molecule has 1 saturated heterocycles. The molecule has 0 spiro atoms. The molecule has 1 aliphatic rings. The molecule has 0 aliphatic carbocycles. The van der Waals surface area contributed by atoms with Gasteiger partial charge in [0.15, 0.2) is 0 Å². The summed E-state index contributed by atoms with van der Waals surface area (Å²) >= 11 is 9.47. The fraction of sp³-hybridized carbons (Fsp3) is 0.111. The van der Waals surface area contributed by atoms with Crippen LogP contribution in [-0.4, -0.2) is 33.2 Å². The van der Waals surface area contributed by atoms with E-state index in [1.54, 1.807) is 29.2 Å². The van der Waals surface area contributed by atoms with Crippen LogP contribution in [0, 0.1) is 0 Å². The lowest BCUT2D eigenvalue weighted by Gasteiger charge is -2.25. The molecule has 0 bridgehead atoms. The molecule has 5 rings (SSSR count). The van der Waals surface area contributed by atoms with Crippen molar-refractivity contribution in [1.29, 1.82) is 0 Å². The molecule has 1 fully saturated rings. The number of amides is 1. The summed E-state index contributed by atoms with van der Waals surface area (Å²) in [7, 11) is 0. The van der Waals surface area contributed by atoms with Crippen molar-refractivity contribution in [1.82, 2.24) is 9.88 Å². The van der Waals surface area contributed by atoms with Crippen LogP contribution < -0.4 is 0 Å². The number of hydrogen-bond acceptors (Lipinski definition) is 3. The van der Waals surface area contributed by atoms with Gasteiger partial charge in [-0.25, -0.2) is 0 Å². The zero-order valence-corrected chi connectivity index (χ0v) is 20.3. The summed E-state index contributed by atoms with van der Waals surface area (Å²) in [6.45, 7) is 0.320. The summed E-state index contributed by atoms with van der Waals surface area (Å²) in [6, 6.07) is 21.2. The van der Waals surface area contributed by atoms with Crippen molar-refractivity contribution in [2.75, 3.05) is 6.54 Å². The van der Waals surface area contributed by atoms with Gasteiger partial charge in [0.2, 0.25) is 0 Å². The minimum Gasteiger partial charge on any atom is -0.507 e. The van der Waals surface area contributed by atoms with E-state index in [4.69, 9.17) is 11.6 Å². The number of likely N-dealkylation sites (tertiary alicyclic amines) is 1. The second-order valence-electron chi connectivity index (χ2n) is 8.16. The van der Waals surface area contributed by atoms with Crippen molar-refractivity contribution in [3.05, 3.63) is 111 Å². The molecule has 2 N–H and O–H groups in total. The summed E-state index contributed by atoms with van der Waals surface area (Å²) in [5.74, 6) is -1.54. The van der Waals surface area contributed by atoms with Gasteiger partial charge in [-0.3, -0.25) is 9.59 Å². The van der Waals surface area contributed by atoms with E-state index >= 15 is 0 Å². The number of aromatic nitrogens is 1. The van der Waals surface area contributed by atoms with Gasteiger partial charge in [0.25, 0.3) is 11.7 Å². The smallest absolute Gasteiger partial charge is 0.295 e. The molecular weight excluding hydrogens is 516 g/mol. The number of benzene rings is 3. The summed E-state index contributed by atoms with van der Waals surface area (Å²) < 4.78 is 0.818. The summed E-state index contributed by atoms with van der Waals surface area (Å²) in [6.07, 6.45) is 2.49. The van der Waals surface area contributed by atoms with E-state index in [1.807, 2.05) is 54.7 Å². The van der Waals surface area contributed by atoms with Crippen molar-refractivity contribution in [3.8, 4) is 0 Å². The topological polar surface area (TPSA) is 73.4 Å². The highest BCUT2D eigenvalue weighted by Crippen LogP contribution is 2.40. The van der Waals surface area contributed by atoms with Crippen molar-refractivity contribution >= 4 is 55.9 Å². The van der Waals surface area contributed by atoms with Crippen LogP contribution in [0.1, 0.15) is 22.7 Å². The van der Waals surface area contributed by atoms with Crippen LogP contribution >= 0.6 is 27.5 Å². The van der Waals surface area contributed by atoms with Crippen LogP contribution in [0.5, 0.6) is 0 Å². The number of fused-ring (bicyclic) bond motifs is 1. The van der Waals surface area contributed by atoms with Crippen LogP contribution in [-0.2, 0) is 16.0 Å². The lowest BCUT2D eigenvalue weighted by atomic mass is 9.95. The fourth-order valence-corrected chi connectivity index (χ4v) is 5.02. The Bertz CT molecular complexity index is 1440. The predicted molar refractivity (Wildman–Crippen MR) is 137 cm³/mol. The molecule has 3 aromatic carbocycles. The number of ketones is 1. The Hall–Kier alpha value is -3.35. The molecule has 1 aliphatic heterocycles. The Morgan fingerprint density at radius 1 is 1.03 bits per heavy atom. The summed E-state index contributed by atoms with van der Waals surface area (Å²) in [5.41, 5.74) is 3.32. The van der Waals surface area contributed by atoms with Crippen LogP contribution in [0.2, 0.25) is 5.02 Å². The quantitative estimate of drug-likeness (QED) is 0.180. The van der Waals surface area contributed by atoms with Crippen molar-refractivity contribution in [3.63, 3.8) is 0 Å². The first-order valence-corrected chi connectivity index (χ1v) is 12.0. The zero-order chi connectivity index (χ0) is 23.8. The maximum Gasteiger partial charge on any atom is 0.295 e. The van der Waals surface area contributed by atoms with E-state index in [2.05, 4.69) is 20.9 Å². The molecule has 170 valence electrons. The third-order valence-electron chi connectivity index (χ3n) is 6.12. The number of H-pyrrole nitrogens is 1. The highest BCUT2D eigenvalue weighted by molar-refractivity contribution is 9.10. The lowest BCUT2D eigenvalue weighted by molar-refractivity contribution is -0.139. The van der Waals surface area contributed by atoms with Crippen LogP contribution in [0.25, 0.3) is 16.7 Å². The monoisotopic (exact) mass is 534 g/mol. The molecular formula is C27H20BrClN2O3. The zero-order valence-electron chi connectivity index (χ0n) is 18.0. The first-order valence-electron chi connectivity index (χ1n) is 10.8. The number of carbonyl (C=O) groups is 2. The van der Waals surface area contributed by atoms with E-state index in [0.717, 1.165) is 26.5 Å². The molecule has 1 atom stereocenters. The largest absolute Gasteiger partial charge is 0.507 e. The number of aliphatic hydroxyl groups excluding tert-OH is 1. The van der Waals surface area contributed by atoms with E-state index in [-0.39, 0.29) is 11.3 Å². The van der Waals surface area contributed by atoms with Gasteiger partial charge < -0.3 is 15.0 Å². The molecule has 34 heavy (non-hydrogen) atoms. The number of aliphatic hydroxyl groups is 1. The number of aromatic amines is 1. The summed E-state index contributed by atoms with van der Waals surface area (Å²) in [4.78, 5) is 31.2. The lowest BCUT2D eigenvalue weighted by Crippen LogP contribution is -2.31. The highest BCUT2D eigenvalue weighted by atomic mass is 79.9. The van der Waals surface area contributed by atoms with Gasteiger partial charge >= 0.3 is 0 Å². The first-order chi connectivity index (χ1) is 16.4. The van der Waals surface area contributed by atoms with Gasteiger partial charge in [-0.05, 0) is 60.0 Å². The molecule has 7 heteroatoms. The Morgan fingerprint density at radius 2 is 1.79 bits per heavy atom. The molecule has 2 heterocycles.